The normalized spacial score (nSPS) is 19.3. The topological polar surface area (TPSA) is 38.8 Å². The van der Waals surface area contributed by atoms with Gasteiger partial charge in [0, 0.05) is 35.1 Å². The van der Waals surface area contributed by atoms with Gasteiger partial charge in [0.05, 0.1) is 19.3 Å². The molecule has 4 rings (SSSR count). The van der Waals surface area contributed by atoms with Crippen molar-refractivity contribution in [2.24, 2.45) is 5.92 Å². The molecule has 1 aliphatic carbocycles. The van der Waals surface area contributed by atoms with Gasteiger partial charge >= 0.3 is 5.97 Å². The largest absolute Gasteiger partial charge is 0.493 e. The fourth-order valence-electron chi connectivity index (χ4n) is 4.28. The van der Waals surface area contributed by atoms with E-state index in [0.717, 1.165) is 56.4 Å². The minimum atomic E-state index is -0.657. The molecule has 0 radical (unpaired) electrons. The number of piperidine rings is 1. The highest BCUT2D eigenvalue weighted by Gasteiger charge is 2.30. The van der Waals surface area contributed by atoms with Gasteiger partial charge in [-0.1, -0.05) is 23.2 Å². The molecule has 2 fully saturated rings. The van der Waals surface area contributed by atoms with Crippen molar-refractivity contribution in [2.45, 2.75) is 38.1 Å². The van der Waals surface area contributed by atoms with Gasteiger partial charge < -0.3 is 9.47 Å². The third-order valence-corrected chi connectivity index (χ3v) is 6.36. The number of hydrogen-bond donors (Lipinski definition) is 0. The van der Waals surface area contributed by atoms with Gasteiger partial charge in [-0.25, -0.2) is 9.18 Å². The molecule has 31 heavy (non-hydrogen) atoms. The molecule has 0 amide bonds. The zero-order valence-corrected chi connectivity index (χ0v) is 19.0. The number of ether oxygens (including phenoxy) is 2. The number of methoxy groups -OCH3 is 1. The van der Waals surface area contributed by atoms with Crippen LogP contribution in [-0.4, -0.2) is 37.7 Å². The summed E-state index contributed by atoms with van der Waals surface area (Å²) in [6.45, 7) is 3.21. The monoisotopic (exact) mass is 465 g/mol. The van der Waals surface area contributed by atoms with Crippen LogP contribution >= 0.6 is 23.2 Å². The molecule has 1 saturated heterocycles. The molecule has 2 aromatic rings. The van der Waals surface area contributed by atoms with Crippen LogP contribution in [-0.2, 0) is 11.3 Å². The summed E-state index contributed by atoms with van der Waals surface area (Å²) >= 11 is 12.3. The molecule has 1 heterocycles. The zero-order chi connectivity index (χ0) is 22.0. The second-order valence-electron chi connectivity index (χ2n) is 8.47. The summed E-state index contributed by atoms with van der Waals surface area (Å²) in [4.78, 5) is 14.2. The summed E-state index contributed by atoms with van der Waals surface area (Å²) in [7, 11) is 1.26. The molecule has 1 saturated carbocycles. The third-order valence-electron chi connectivity index (χ3n) is 5.93. The van der Waals surface area contributed by atoms with E-state index in [-0.39, 0.29) is 5.56 Å². The molecule has 2 aromatic carbocycles. The molecule has 0 spiro atoms. The van der Waals surface area contributed by atoms with Crippen LogP contribution in [0, 0.1) is 11.7 Å². The Kier molecular flexibility index (Phi) is 7.05. The van der Waals surface area contributed by atoms with E-state index < -0.39 is 11.8 Å². The van der Waals surface area contributed by atoms with E-state index in [4.69, 9.17) is 32.7 Å². The lowest BCUT2D eigenvalue weighted by atomic mass is 9.98. The Balaban J connectivity index is 1.40. The van der Waals surface area contributed by atoms with E-state index >= 15 is 0 Å². The Morgan fingerprint density at radius 1 is 1.13 bits per heavy atom. The molecule has 0 bridgehead atoms. The second-order valence-corrected chi connectivity index (χ2v) is 9.34. The SMILES string of the molecule is COC(=O)c1cc(C2CC2)c(OC[C@@H]2CCCN(Cc3cc(Cl)cc(Cl)c3)C2)cc1F. The number of hydrogen-bond acceptors (Lipinski definition) is 4. The van der Waals surface area contributed by atoms with Crippen molar-refractivity contribution in [3.8, 4) is 5.75 Å². The van der Waals surface area contributed by atoms with E-state index in [9.17, 15) is 9.18 Å². The van der Waals surface area contributed by atoms with Crippen LogP contribution < -0.4 is 4.74 Å². The number of esters is 1. The number of rotatable bonds is 7. The Morgan fingerprint density at radius 2 is 1.87 bits per heavy atom. The first kappa shape index (κ1) is 22.4. The Hall–Kier alpha value is -1.82. The van der Waals surface area contributed by atoms with Gasteiger partial charge in [-0.3, -0.25) is 4.90 Å². The molecule has 0 aromatic heterocycles. The zero-order valence-electron chi connectivity index (χ0n) is 17.5. The number of carbonyl (C=O) groups is 1. The van der Waals surface area contributed by atoms with Gasteiger partial charge in [0.15, 0.2) is 0 Å². The van der Waals surface area contributed by atoms with Gasteiger partial charge in [0.25, 0.3) is 0 Å². The third kappa shape index (κ3) is 5.71. The van der Waals surface area contributed by atoms with Gasteiger partial charge in [-0.15, -0.1) is 0 Å². The first-order chi connectivity index (χ1) is 14.9. The maximum atomic E-state index is 14.5. The van der Waals surface area contributed by atoms with E-state index in [1.165, 1.54) is 13.2 Å². The molecular formula is C24H26Cl2FNO3. The van der Waals surface area contributed by atoms with Crippen molar-refractivity contribution in [1.29, 1.82) is 0 Å². The first-order valence-electron chi connectivity index (χ1n) is 10.6. The summed E-state index contributed by atoms with van der Waals surface area (Å²) in [6, 6.07) is 8.57. The standard InChI is InChI=1S/C24H26Cl2FNO3/c1-30-24(29)21-10-20(17-4-5-17)23(11-22(21)27)31-14-15-3-2-6-28(12-15)13-16-7-18(25)9-19(26)8-16/h7-11,15,17H,2-6,12-14H2,1H3/t15-/m1/s1. The van der Waals surface area contributed by atoms with Crippen molar-refractivity contribution in [3.63, 3.8) is 0 Å². The van der Waals surface area contributed by atoms with Crippen molar-refractivity contribution in [2.75, 3.05) is 26.8 Å². The van der Waals surface area contributed by atoms with Gasteiger partial charge in [0.2, 0.25) is 0 Å². The number of nitrogens with zero attached hydrogens (tertiary/aromatic N) is 1. The van der Waals surface area contributed by atoms with E-state index in [1.54, 1.807) is 12.1 Å². The molecule has 1 atom stereocenters. The highest BCUT2D eigenvalue weighted by atomic mass is 35.5. The van der Waals surface area contributed by atoms with Gasteiger partial charge in [-0.2, -0.15) is 0 Å². The predicted molar refractivity (Wildman–Crippen MR) is 120 cm³/mol. The van der Waals surface area contributed by atoms with Crippen LogP contribution in [0.3, 0.4) is 0 Å². The average molecular weight is 466 g/mol. The fraction of sp³-hybridized carbons (Fsp3) is 0.458. The summed E-state index contributed by atoms with van der Waals surface area (Å²) in [5.74, 6) is -0.0380. The van der Waals surface area contributed by atoms with Crippen LogP contribution in [0.1, 0.15) is 53.1 Å². The summed E-state index contributed by atoms with van der Waals surface area (Å²) in [6.07, 6.45) is 4.20. The molecule has 0 N–H and O–H groups in total. The molecule has 1 aliphatic heterocycles. The van der Waals surface area contributed by atoms with Crippen LogP contribution in [0.25, 0.3) is 0 Å². The fourth-order valence-corrected chi connectivity index (χ4v) is 4.85. The Bertz CT molecular complexity index is 944. The smallest absolute Gasteiger partial charge is 0.340 e. The molecule has 2 aliphatic rings. The van der Waals surface area contributed by atoms with E-state index in [2.05, 4.69) is 4.90 Å². The summed E-state index contributed by atoms with van der Waals surface area (Å²) in [5, 5.41) is 1.29. The summed E-state index contributed by atoms with van der Waals surface area (Å²) in [5.41, 5.74) is 1.97. The van der Waals surface area contributed by atoms with Crippen LogP contribution in [0.5, 0.6) is 5.75 Å². The quantitative estimate of drug-likeness (QED) is 0.463. The lowest BCUT2D eigenvalue weighted by Crippen LogP contribution is -2.37. The van der Waals surface area contributed by atoms with Gasteiger partial charge in [0.1, 0.15) is 11.6 Å². The average Bonchev–Trinajstić information content (AvgIpc) is 3.56. The highest BCUT2D eigenvalue weighted by Crippen LogP contribution is 2.45. The Morgan fingerprint density at radius 3 is 2.55 bits per heavy atom. The molecule has 7 heteroatoms. The van der Waals surface area contributed by atoms with Crippen LogP contribution in [0.2, 0.25) is 10.0 Å². The Labute approximate surface area is 192 Å². The number of halogens is 3. The maximum absolute atomic E-state index is 14.5. The number of carbonyl (C=O) groups excluding carboxylic acids is 1. The second kappa shape index (κ2) is 9.76. The minimum Gasteiger partial charge on any atom is -0.493 e. The van der Waals surface area contributed by atoms with Crippen molar-refractivity contribution >= 4 is 29.2 Å². The van der Waals surface area contributed by atoms with Crippen molar-refractivity contribution < 1.29 is 18.7 Å². The van der Waals surface area contributed by atoms with Crippen molar-refractivity contribution in [3.05, 3.63) is 62.9 Å². The van der Waals surface area contributed by atoms with E-state index in [0.29, 0.717) is 34.2 Å². The molecule has 4 nitrogen and oxygen atoms in total. The lowest BCUT2D eigenvalue weighted by Gasteiger charge is -2.33. The van der Waals surface area contributed by atoms with Crippen LogP contribution in [0.4, 0.5) is 4.39 Å². The molecule has 166 valence electrons. The van der Waals surface area contributed by atoms with Gasteiger partial charge in [-0.05, 0) is 73.5 Å². The number of benzene rings is 2. The molecular weight excluding hydrogens is 440 g/mol. The number of likely N-dealkylation sites (tertiary alicyclic amines) is 1. The summed E-state index contributed by atoms with van der Waals surface area (Å²) < 4.78 is 25.3. The lowest BCUT2D eigenvalue weighted by molar-refractivity contribution is 0.0595. The predicted octanol–water partition coefficient (Wildman–Crippen LogP) is 6.09. The maximum Gasteiger partial charge on any atom is 0.340 e. The van der Waals surface area contributed by atoms with E-state index in [1.807, 2.05) is 12.1 Å². The minimum absolute atomic E-state index is 0.0271. The van der Waals surface area contributed by atoms with Crippen LogP contribution in [0.15, 0.2) is 30.3 Å². The molecule has 0 unspecified atom stereocenters. The van der Waals surface area contributed by atoms with Crippen molar-refractivity contribution in [1.82, 2.24) is 4.90 Å². The first-order valence-corrected chi connectivity index (χ1v) is 11.4. The highest BCUT2D eigenvalue weighted by molar-refractivity contribution is 6.34.